The smallest absolute Gasteiger partial charge is 0.184 e. The molecular weight excluding hydrogens is 468 g/mol. The van der Waals surface area contributed by atoms with E-state index in [1.165, 1.54) is 0 Å². The number of hydrogen-bond donors (Lipinski definition) is 1. The number of aromatic nitrogens is 5. The van der Waals surface area contributed by atoms with Crippen LogP contribution in [0.3, 0.4) is 0 Å². The maximum atomic E-state index is 5.79. The molecule has 2 aliphatic rings. The van der Waals surface area contributed by atoms with Crippen LogP contribution in [0, 0.1) is 0 Å². The second kappa shape index (κ2) is 9.98. The molecule has 10 heteroatoms. The molecule has 0 spiro atoms. The van der Waals surface area contributed by atoms with Crippen LogP contribution in [0.1, 0.15) is 17.1 Å². The lowest BCUT2D eigenvalue weighted by Crippen LogP contribution is -2.36. The molecule has 2 aliphatic heterocycles. The van der Waals surface area contributed by atoms with Crippen molar-refractivity contribution in [2.45, 2.75) is 12.8 Å². The molecule has 3 aromatic heterocycles. The minimum Gasteiger partial charge on any atom is -0.494 e. The Morgan fingerprint density at radius 1 is 1.05 bits per heavy atom. The SMILES string of the molecule is COc1c(Nc2cc(Cc3ccc(N4CCOCC4)cn3)nc3c2N=CC3)cccc1-c1ncn(C)n1. The number of morpholine rings is 1. The van der Waals surface area contributed by atoms with Crippen molar-refractivity contribution in [1.29, 1.82) is 0 Å². The van der Waals surface area contributed by atoms with Crippen LogP contribution >= 0.6 is 0 Å². The van der Waals surface area contributed by atoms with Crippen LogP contribution in [0.25, 0.3) is 11.4 Å². The van der Waals surface area contributed by atoms with E-state index in [9.17, 15) is 0 Å². The molecule has 37 heavy (non-hydrogen) atoms. The van der Waals surface area contributed by atoms with Gasteiger partial charge in [-0.2, -0.15) is 5.10 Å². The first-order valence-corrected chi connectivity index (χ1v) is 12.3. The quantitative estimate of drug-likeness (QED) is 0.413. The highest BCUT2D eigenvalue weighted by atomic mass is 16.5. The first-order chi connectivity index (χ1) is 18.2. The summed E-state index contributed by atoms with van der Waals surface area (Å²) in [6, 6.07) is 12.1. The van der Waals surface area contributed by atoms with Crippen molar-refractivity contribution in [3.8, 4) is 17.1 Å². The summed E-state index contributed by atoms with van der Waals surface area (Å²) in [4.78, 5) is 20.9. The Morgan fingerprint density at radius 3 is 2.70 bits per heavy atom. The number of rotatable bonds is 7. The van der Waals surface area contributed by atoms with Gasteiger partial charge in [0.25, 0.3) is 0 Å². The summed E-state index contributed by atoms with van der Waals surface area (Å²) < 4.78 is 12.9. The van der Waals surface area contributed by atoms with Gasteiger partial charge >= 0.3 is 0 Å². The van der Waals surface area contributed by atoms with E-state index in [0.29, 0.717) is 24.4 Å². The highest BCUT2D eigenvalue weighted by molar-refractivity contribution is 5.86. The average molecular weight is 497 g/mol. The van der Waals surface area contributed by atoms with Gasteiger partial charge in [0.1, 0.15) is 12.0 Å². The lowest BCUT2D eigenvalue weighted by atomic mass is 10.1. The van der Waals surface area contributed by atoms with Gasteiger partial charge in [-0.3, -0.25) is 19.6 Å². The van der Waals surface area contributed by atoms with E-state index in [0.717, 1.165) is 71.7 Å². The normalized spacial score (nSPS) is 14.6. The molecule has 0 unspecified atom stereocenters. The Kier molecular flexibility index (Phi) is 6.23. The number of aryl methyl sites for hydroxylation is 1. The number of methoxy groups -OCH3 is 1. The second-order valence-corrected chi connectivity index (χ2v) is 9.01. The van der Waals surface area contributed by atoms with Gasteiger partial charge in [-0.05, 0) is 30.3 Å². The molecule has 188 valence electrons. The molecule has 4 aromatic rings. The number of para-hydroxylation sites is 1. The standard InChI is InChI=1S/C27H28N8O2/c1-34-17-30-27(33-34)21-4-3-5-23(26(21)36-2)32-24-15-19(31-22-8-9-28-25(22)24)14-18-6-7-20(16-29-18)35-10-12-37-13-11-35/h3-7,9,15-17H,8,10-14H2,1-2H3,(H,31,32). The van der Waals surface area contributed by atoms with Gasteiger partial charge in [0.2, 0.25) is 0 Å². The summed E-state index contributed by atoms with van der Waals surface area (Å²) >= 11 is 0. The molecule has 1 fully saturated rings. The van der Waals surface area contributed by atoms with Crippen LogP contribution in [-0.2, 0) is 24.6 Å². The zero-order valence-corrected chi connectivity index (χ0v) is 20.9. The summed E-state index contributed by atoms with van der Waals surface area (Å²) in [7, 11) is 3.50. The molecule has 0 radical (unpaired) electrons. The first-order valence-electron chi connectivity index (χ1n) is 12.3. The molecule has 0 bridgehead atoms. The lowest BCUT2D eigenvalue weighted by Gasteiger charge is -2.28. The Labute approximate surface area is 215 Å². The highest BCUT2D eigenvalue weighted by Gasteiger charge is 2.20. The van der Waals surface area contributed by atoms with Crippen molar-refractivity contribution in [2.24, 2.45) is 12.0 Å². The van der Waals surface area contributed by atoms with Crippen LogP contribution < -0.4 is 15.0 Å². The summed E-state index contributed by atoms with van der Waals surface area (Å²) in [5.41, 5.74) is 7.32. The molecule has 0 amide bonds. The molecule has 1 saturated heterocycles. The van der Waals surface area contributed by atoms with Gasteiger partial charge < -0.3 is 19.7 Å². The summed E-state index contributed by atoms with van der Waals surface area (Å²) in [5.74, 6) is 1.27. The average Bonchev–Trinajstić information content (AvgIpc) is 3.59. The molecular formula is C27H28N8O2. The second-order valence-electron chi connectivity index (χ2n) is 9.01. The largest absolute Gasteiger partial charge is 0.494 e. The van der Waals surface area contributed by atoms with Crippen LogP contribution in [0.4, 0.5) is 22.7 Å². The minimum absolute atomic E-state index is 0.605. The number of hydrogen-bond acceptors (Lipinski definition) is 9. The first kappa shape index (κ1) is 23.1. The van der Waals surface area contributed by atoms with Crippen molar-refractivity contribution in [1.82, 2.24) is 24.7 Å². The number of ether oxygens (including phenoxy) is 2. The molecule has 0 atom stereocenters. The predicted molar refractivity (Wildman–Crippen MR) is 142 cm³/mol. The maximum Gasteiger partial charge on any atom is 0.184 e. The van der Waals surface area contributed by atoms with Crippen LogP contribution in [0.15, 0.2) is 53.9 Å². The third kappa shape index (κ3) is 4.75. The maximum absolute atomic E-state index is 5.79. The number of pyridine rings is 2. The fourth-order valence-electron chi connectivity index (χ4n) is 4.70. The molecule has 0 aliphatic carbocycles. The van der Waals surface area contributed by atoms with Gasteiger partial charge in [-0.1, -0.05) is 6.07 Å². The molecule has 0 saturated carbocycles. The van der Waals surface area contributed by atoms with Crippen molar-refractivity contribution >= 4 is 29.0 Å². The van der Waals surface area contributed by atoms with E-state index in [2.05, 4.69) is 37.4 Å². The zero-order chi connectivity index (χ0) is 25.2. The fourth-order valence-corrected chi connectivity index (χ4v) is 4.70. The topological polar surface area (TPSA) is 103 Å². The van der Waals surface area contributed by atoms with Crippen molar-refractivity contribution in [3.05, 3.63) is 66.0 Å². The fraction of sp³-hybridized carbons (Fsp3) is 0.296. The van der Waals surface area contributed by atoms with Crippen molar-refractivity contribution in [3.63, 3.8) is 0 Å². The van der Waals surface area contributed by atoms with E-state index >= 15 is 0 Å². The molecule has 1 aromatic carbocycles. The Bertz CT molecular complexity index is 1440. The monoisotopic (exact) mass is 496 g/mol. The van der Waals surface area contributed by atoms with Crippen LogP contribution in [-0.4, -0.2) is 64.4 Å². The highest BCUT2D eigenvalue weighted by Crippen LogP contribution is 2.40. The number of benzene rings is 1. The number of nitrogens with zero attached hydrogens (tertiary/aromatic N) is 7. The van der Waals surface area contributed by atoms with Gasteiger partial charge in [0.05, 0.1) is 54.8 Å². The predicted octanol–water partition coefficient (Wildman–Crippen LogP) is 3.71. The number of aliphatic imine (C=N–C) groups is 1. The van der Waals surface area contributed by atoms with E-state index in [4.69, 9.17) is 19.4 Å². The van der Waals surface area contributed by atoms with Crippen molar-refractivity contribution < 1.29 is 9.47 Å². The van der Waals surface area contributed by atoms with E-state index in [1.807, 2.05) is 43.7 Å². The lowest BCUT2D eigenvalue weighted by molar-refractivity contribution is 0.122. The van der Waals surface area contributed by atoms with E-state index in [1.54, 1.807) is 18.1 Å². The summed E-state index contributed by atoms with van der Waals surface area (Å²) in [6.07, 6.45) is 6.84. The molecule has 5 heterocycles. The summed E-state index contributed by atoms with van der Waals surface area (Å²) in [6.45, 7) is 3.29. The van der Waals surface area contributed by atoms with Gasteiger partial charge in [-0.25, -0.2) is 4.98 Å². The number of fused-ring (bicyclic) bond motifs is 1. The van der Waals surface area contributed by atoms with Crippen LogP contribution in [0.5, 0.6) is 5.75 Å². The Hall–Kier alpha value is -4.31. The van der Waals surface area contributed by atoms with Crippen LogP contribution in [0.2, 0.25) is 0 Å². The van der Waals surface area contributed by atoms with E-state index in [-0.39, 0.29) is 0 Å². The Morgan fingerprint density at radius 2 is 1.95 bits per heavy atom. The molecule has 1 N–H and O–H groups in total. The molecule has 6 rings (SSSR count). The molecule has 10 nitrogen and oxygen atoms in total. The third-order valence-corrected chi connectivity index (χ3v) is 6.50. The van der Waals surface area contributed by atoms with Crippen molar-refractivity contribution in [2.75, 3.05) is 43.6 Å². The number of anilines is 3. The van der Waals surface area contributed by atoms with Gasteiger partial charge in [0, 0.05) is 50.6 Å². The van der Waals surface area contributed by atoms with Gasteiger partial charge in [-0.15, -0.1) is 0 Å². The Balaban J connectivity index is 1.28. The minimum atomic E-state index is 0.605. The van der Waals surface area contributed by atoms with Gasteiger partial charge in [0.15, 0.2) is 11.6 Å². The third-order valence-electron chi connectivity index (χ3n) is 6.50. The number of nitrogens with one attached hydrogen (secondary N) is 1. The summed E-state index contributed by atoms with van der Waals surface area (Å²) in [5, 5.41) is 7.98. The zero-order valence-electron chi connectivity index (χ0n) is 20.9. The van der Waals surface area contributed by atoms with E-state index < -0.39 is 0 Å².